The Morgan fingerprint density at radius 2 is 2.05 bits per heavy atom. The van der Waals surface area contributed by atoms with Crippen molar-refractivity contribution in [3.05, 3.63) is 29.3 Å². The number of hydrogen-bond donors (Lipinski definition) is 2. The van der Waals surface area contributed by atoms with E-state index in [0.717, 1.165) is 4.90 Å². The number of amides is 1. The Morgan fingerprint density at radius 1 is 1.33 bits per heavy atom. The van der Waals surface area contributed by atoms with Gasteiger partial charge >= 0.3 is 5.97 Å². The van der Waals surface area contributed by atoms with E-state index in [-0.39, 0.29) is 12.3 Å². The summed E-state index contributed by atoms with van der Waals surface area (Å²) in [5, 5.41) is 12.3. The predicted octanol–water partition coefficient (Wildman–Crippen LogP) is 3.14. The molecule has 4 nitrogen and oxygen atoms in total. The highest BCUT2D eigenvalue weighted by molar-refractivity contribution is 7.99. The number of carbonyl (C=O) groups is 2. The number of hydrogen-bond acceptors (Lipinski definition) is 4. The fourth-order valence-corrected chi connectivity index (χ4v) is 3.23. The summed E-state index contributed by atoms with van der Waals surface area (Å²) >= 11 is 9.06. The third kappa shape index (κ3) is 7.11. The van der Waals surface area contributed by atoms with Crippen molar-refractivity contribution in [2.75, 3.05) is 17.8 Å². The van der Waals surface area contributed by atoms with Crippen LogP contribution in [0.4, 0.5) is 0 Å². The summed E-state index contributed by atoms with van der Waals surface area (Å²) in [5.41, 5.74) is 0. The van der Waals surface area contributed by atoms with Gasteiger partial charge in [-0.15, -0.1) is 11.8 Å². The first kappa shape index (κ1) is 18.2. The molecule has 21 heavy (non-hydrogen) atoms. The standard InChI is InChI=1S/C14H18ClNO3S2/c1-20-8-6-11(14(18)19)16-13(17)7-9-21-12-5-3-2-4-10(12)15/h2-5,11H,6-9H2,1H3,(H,16,17)(H,18,19)/t11-/m1/s1. The second-order valence-electron chi connectivity index (χ2n) is 4.27. The molecule has 0 aliphatic carbocycles. The van der Waals surface area contributed by atoms with Crippen LogP contribution in [0.25, 0.3) is 0 Å². The van der Waals surface area contributed by atoms with Crippen LogP contribution in [0.15, 0.2) is 29.2 Å². The summed E-state index contributed by atoms with van der Waals surface area (Å²) < 4.78 is 0. The summed E-state index contributed by atoms with van der Waals surface area (Å²) in [7, 11) is 0. The van der Waals surface area contributed by atoms with Crippen molar-refractivity contribution in [1.82, 2.24) is 5.32 Å². The molecule has 1 aromatic carbocycles. The number of halogens is 1. The molecule has 1 atom stereocenters. The maximum Gasteiger partial charge on any atom is 0.326 e. The van der Waals surface area contributed by atoms with Gasteiger partial charge in [-0.2, -0.15) is 11.8 Å². The number of carboxylic acids is 1. The van der Waals surface area contributed by atoms with Crippen LogP contribution in [-0.4, -0.2) is 40.8 Å². The van der Waals surface area contributed by atoms with Crippen LogP contribution in [0.2, 0.25) is 5.02 Å². The van der Waals surface area contributed by atoms with Gasteiger partial charge in [-0.25, -0.2) is 4.79 Å². The van der Waals surface area contributed by atoms with Gasteiger partial charge in [0.05, 0.1) is 5.02 Å². The lowest BCUT2D eigenvalue weighted by molar-refractivity contribution is -0.141. The summed E-state index contributed by atoms with van der Waals surface area (Å²) in [4.78, 5) is 23.7. The minimum atomic E-state index is -0.990. The molecule has 0 aliphatic rings. The molecule has 0 aromatic heterocycles. The Morgan fingerprint density at radius 3 is 2.67 bits per heavy atom. The van der Waals surface area contributed by atoms with Crippen LogP contribution in [-0.2, 0) is 9.59 Å². The Bertz CT molecular complexity index is 485. The third-order valence-corrected chi connectivity index (χ3v) is 4.83. The van der Waals surface area contributed by atoms with Crippen molar-refractivity contribution in [2.45, 2.75) is 23.8 Å². The molecule has 0 fully saturated rings. The SMILES string of the molecule is CSCC[C@@H](NC(=O)CCSc1ccccc1Cl)C(=O)O. The van der Waals surface area contributed by atoms with E-state index in [1.807, 2.05) is 24.5 Å². The first-order valence-electron chi connectivity index (χ1n) is 6.43. The van der Waals surface area contributed by atoms with Crippen LogP contribution in [0.5, 0.6) is 0 Å². The molecule has 1 amide bonds. The summed E-state index contributed by atoms with van der Waals surface area (Å²) in [6.07, 6.45) is 2.60. The van der Waals surface area contributed by atoms with E-state index in [2.05, 4.69) is 5.32 Å². The lowest BCUT2D eigenvalue weighted by Crippen LogP contribution is -2.41. The zero-order valence-corrected chi connectivity index (χ0v) is 14.1. The van der Waals surface area contributed by atoms with Gasteiger partial charge in [0.1, 0.15) is 6.04 Å². The molecular weight excluding hydrogens is 330 g/mol. The third-order valence-electron chi connectivity index (χ3n) is 2.67. The van der Waals surface area contributed by atoms with Crippen LogP contribution in [0.3, 0.4) is 0 Å². The first-order chi connectivity index (χ1) is 10.0. The van der Waals surface area contributed by atoms with Crippen molar-refractivity contribution in [1.29, 1.82) is 0 Å². The van der Waals surface area contributed by atoms with E-state index < -0.39 is 12.0 Å². The maximum atomic E-state index is 11.8. The number of carboxylic acid groups (broad SMARTS) is 1. The van der Waals surface area contributed by atoms with Crippen molar-refractivity contribution in [3.63, 3.8) is 0 Å². The Labute approximate surface area is 138 Å². The smallest absolute Gasteiger partial charge is 0.326 e. The number of carbonyl (C=O) groups excluding carboxylic acids is 1. The van der Waals surface area contributed by atoms with Crippen molar-refractivity contribution in [2.24, 2.45) is 0 Å². The normalized spacial score (nSPS) is 11.9. The predicted molar refractivity (Wildman–Crippen MR) is 89.4 cm³/mol. The Balaban J connectivity index is 2.36. The number of aliphatic carboxylic acids is 1. The molecule has 116 valence electrons. The molecule has 1 rings (SSSR count). The molecule has 0 aliphatic heterocycles. The molecule has 0 bridgehead atoms. The summed E-state index contributed by atoms with van der Waals surface area (Å²) in [6.45, 7) is 0. The summed E-state index contributed by atoms with van der Waals surface area (Å²) in [6, 6.07) is 6.62. The second-order valence-corrected chi connectivity index (χ2v) is 6.80. The van der Waals surface area contributed by atoms with Crippen molar-refractivity contribution in [3.8, 4) is 0 Å². The zero-order valence-electron chi connectivity index (χ0n) is 11.7. The lowest BCUT2D eigenvalue weighted by Gasteiger charge is -2.13. The first-order valence-corrected chi connectivity index (χ1v) is 9.18. The van der Waals surface area contributed by atoms with E-state index in [1.54, 1.807) is 17.8 Å². The highest BCUT2D eigenvalue weighted by Crippen LogP contribution is 2.26. The molecule has 0 saturated carbocycles. The van der Waals surface area contributed by atoms with E-state index in [4.69, 9.17) is 16.7 Å². The minimum Gasteiger partial charge on any atom is -0.480 e. The van der Waals surface area contributed by atoms with Crippen LogP contribution in [0.1, 0.15) is 12.8 Å². The molecule has 7 heteroatoms. The van der Waals surface area contributed by atoms with Gasteiger partial charge in [0.2, 0.25) is 5.91 Å². The van der Waals surface area contributed by atoms with Gasteiger partial charge in [0, 0.05) is 17.1 Å². The highest BCUT2D eigenvalue weighted by atomic mass is 35.5. The summed E-state index contributed by atoms with van der Waals surface area (Å²) in [5.74, 6) is 0.0231. The van der Waals surface area contributed by atoms with Gasteiger partial charge in [-0.05, 0) is 30.6 Å². The van der Waals surface area contributed by atoms with E-state index in [0.29, 0.717) is 22.9 Å². The molecule has 0 radical (unpaired) electrons. The molecular formula is C14H18ClNO3S2. The van der Waals surface area contributed by atoms with Crippen LogP contribution < -0.4 is 5.32 Å². The number of thioether (sulfide) groups is 2. The Kier molecular flexibility index (Phi) is 8.64. The number of nitrogens with one attached hydrogen (secondary N) is 1. The molecule has 2 N–H and O–H groups in total. The van der Waals surface area contributed by atoms with Crippen molar-refractivity contribution >= 4 is 47.0 Å². The number of rotatable bonds is 9. The van der Waals surface area contributed by atoms with Crippen molar-refractivity contribution < 1.29 is 14.7 Å². The fraction of sp³-hybridized carbons (Fsp3) is 0.429. The molecule has 1 aromatic rings. The van der Waals surface area contributed by atoms with Crippen LogP contribution >= 0.6 is 35.1 Å². The van der Waals surface area contributed by atoms with Crippen LogP contribution in [0, 0.1) is 0 Å². The van der Waals surface area contributed by atoms with E-state index >= 15 is 0 Å². The van der Waals surface area contributed by atoms with Gasteiger partial charge in [0.15, 0.2) is 0 Å². The Hall–Kier alpha value is -0.850. The average Bonchev–Trinajstić information content (AvgIpc) is 2.45. The quantitative estimate of drug-likeness (QED) is 0.672. The molecule has 0 heterocycles. The van der Waals surface area contributed by atoms with E-state index in [9.17, 15) is 9.59 Å². The minimum absolute atomic E-state index is 0.247. The molecule has 0 spiro atoms. The van der Waals surface area contributed by atoms with Gasteiger partial charge in [-0.1, -0.05) is 23.7 Å². The fourth-order valence-electron chi connectivity index (χ4n) is 1.58. The van der Waals surface area contributed by atoms with E-state index in [1.165, 1.54) is 11.8 Å². The monoisotopic (exact) mass is 347 g/mol. The van der Waals surface area contributed by atoms with Gasteiger partial charge in [-0.3, -0.25) is 4.79 Å². The van der Waals surface area contributed by atoms with Gasteiger partial charge < -0.3 is 10.4 Å². The second kappa shape index (κ2) is 9.97. The molecule has 0 unspecified atom stereocenters. The largest absolute Gasteiger partial charge is 0.480 e. The maximum absolute atomic E-state index is 11.8. The lowest BCUT2D eigenvalue weighted by atomic mass is 10.2. The number of benzene rings is 1. The topological polar surface area (TPSA) is 66.4 Å². The highest BCUT2D eigenvalue weighted by Gasteiger charge is 2.19. The zero-order chi connectivity index (χ0) is 15.7. The molecule has 0 saturated heterocycles. The average molecular weight is 348 g/mol. The van der Waals surface area contributed by atoms with Gasteiger partial charge in [0.25, 0.3) is 0 Å².